The maximum Gasteiger partial charge on any atom is 0.252 e. The number of carbonyl (C=O) groups excluding carboxylic acids is 1. The molecule has 1 aliphatic rings. The molecular weight excluding hydrogens is 246 g/mol. The Kier molecular flexibility index (Phi) is 4.40. The molecule has 2 unspecified atom stereocenters. The minimum absolute atomic E-state index is 0.0120. The molecule has 3 nitrogen and oxygen atoms in total. The molecule has 1 amide bonds. The molecule has 0 radical (unpaired) electrons. The van der Waals surface area contributed by atoms with E-state index in [0.717, 1.165) is 11.3 Å². The van der Waals surface area contributed by atoms with Crippen LogP contribution in [-0.2, 0) is 0 Å². The van der Waals surface area contributed by atoms with E-state index in [0.29, 0.717) is 17.5 Å². The number of carbonyl (C=O) groups is 1. The van der Waals surface area contributed by atoms with Crippen molar-refractivity contribution < 1.29 is 9.90 Å². The van der Waals surface area contributed by atoms with Gasteiger partial charge < -0.3 is 10.4 Å². The number of amides is 1. The van der Waals surface area contributed by atoms with Crippen molar-refractivity contribution in [3.8, 4) is 11.8 Å². The summed E-state index contributed by atoms with van der Waals surface area (Å²) >= 11 is 1.43. The van der Waals surface area contributed by atoms with Crippen molar-refractivity contribution in [1.82, 2.24) is 5.32 Å². The van der Waals surface area contributed by atoms with Crippen LogP contribution < -0.4 is 5.32 Å². The highest BCUT2D eigenvalue weighted by molar-refractivity contribution is 7.10. The lowest BCUT2D eigenvalue weighted by Crippen LogP contribution is -2.36. The number of aliphatic hydroxyl groups excluding tert-OH is 1. The highest BCUT2D eigenvalue weighted by atomic mass is 32.1. The van der Waals surface area contributed by atoms with Crippen LogP contribution >= 0.6 is 11.3 Å². The van der Waals surface area contributed by atoms with Crippen molar-refractivity contribution in [2.75, 3.05) is 6.61 Å². The van der Waals surface area contributed by atoms with Crippen LogP contribution in [0.4, 0.5) is 0 Å². The summed E-state index contributed by atoms with van der Waals surface area (Å²) in [6.45, 7) is 2.03. The Bertz CT molecular complexity index is 483. The zero-order chi connectivity index (χ0) is 13.0. The maximum atomic E-state index is 12.0. The van der Waals surface area contributed by atoms with Crippen LogP contribution in [0, 0.1) is 17.8 Å². The van der Waals surface area contributed by atoms with E-state index in [1.807, 2.05) is 5.38 Å². The Hall–Kier alpha value is -1.31. The molecule has 1 aliphatic carbocycles. The predicted molar refractivity (Wildman–Crippen MR) is 72.6 cm³/mol. The van der Waals surface area contributed by atoms with Crippen LogP contribution in [-0.4, -0.2) is 23.7 Å². The first-order chi connectivity index (χ1) is 8.70. The van der Waals surface area contributed by atoms with Gasteiger partial charge >= 0.3 is 0 Å². The molecule has 1 fully saturated rings. The van der Waals surface area contributed by atoms with Crippen molar-refractivity contribution in [3.05, 3.63) is 21.9 Å². The molecule has 2 atom stereocenters. The van der Waals surface area contributed by atoms with Gasteiger partial charge in [-0.25, -0.2) is 0 Å². The van der Waals surface area contributed by atoms with Gasteiger partial charge in [0.25, 0.3) is 5.91 Å². The molecule has 1 heterocycles. The number of hydrogen-bond donors (Lipinski definition) is 2. The first-order valence-electron chi connectivity index (χ1n) is 6.20. The second-order valence-electron chi connectivity index (χ2n) is 4.65. The van der Waals surface area contributed by atoms with Crippen molar-refractivity contribution in [3.63, 3.8) is 0 Å². The molecule has 96 valence electrons. The lowest BCUT2D eigenvalue weighted by atomic mass is 10.1. The molecule has 2 N–H and O–H groups in total. The molecule has 1 aromatic heterocycles. The first-order valence-corrected chi connectivity index (χ1v) is 7.08. The minimum Gasteiger partial charge on any atom is -0.384 e. The Morgan fingerprint density at radius 2 is 2.44 bits per heavy atom. The fourth-order valence-electron chi connectivity index (χ4n) is 2.26. The van der Waals surface area contributed by atoms with Gasteiger partial charge in [0.1, 0.15) is 6.61 Å². The lowest BCUT2D eigenvalue weighted by Gasteiger charge is -2.16. The van der Waals surface area contributed by atoms with Crippen molar-refractivity contribution in [2.45, 2.75) is 32.2 Å². The van der Waals surface area contributed by atoms with E-state index < -0.39 is 0 Å². The zero-order valence-electron chi connectivity index (χ0n) is 10.4. The smallest absolute Gasteiger partial charge is 0.252 e. The molecule has 4 heteroatoms. The Morgan fingerprint density at radius 3 is 3.11 bits per heavy atom. The monoisotopic (exact) mass is 263 g/mol. The number of nitrogens with one attached hydrogen (secondary N) is 1. The van der Waals surface area contributed by atoms with Crippen LogP contribution in [0.25, 0.3) is 0 Å². The summed E-state index contributed by atoms with van der Waals surface area (Å²) in [7, 11) is 0. The molecule has 0 aliphatic heterocycles. The van der Waals surface area contributed by atoms with Crippen LogP contribution in [0.5, 0.6) is 0 Å². The van der Waals surface area contributed by atoms with E-state index in [1.54, 1.807) is 6.07 Å². The van der Waals surface area contributed by atoms with Crippen molar-refractivity contribution in [1.29, 1.82) is 0 Å². The molecule has 0 spiro atoms. The average Bonchev–Trinajstić information content (AvgIpc) is 2.97. The summed E-state index contributed by atoms with van der Waals surface area (Å²) in [4.78, 5) is 12.8. The van der Waals surface area contributed by atoms with Crippen molar-refractivity contribution >= 4 is 17.2 Å². The number of thiophene rings is 1. The molecule has 0 saturated heterocycles. The summed E-state index contributed by atoms with van der Waals surface area (Å²) in [6, 6.07) is 2.09. The first kappa shape index (κ1) is 13.1. The van der Waals surface area contributed by atoms with Gasteiger partial charge in [0.2, 0.25) is 0 Å². The highest BCUT2D eigenvalue weighted by Crippen LogP contribution is 2.25. The van der Waals surface area contributed by atoms with E-state index in [-0.39, 0.29) is 12.5 Å². The van der Waals surface area contributed by atoms with Crippen LogP contribution in [0.3, 0.4) is 0 Å². The number of hydrogen-bond acceptors (Lipinski definition) is 3. The molecular formula is C14H17NO2S. The SMILES string of the molecule is CC1CCCC1NC(=O)c1csc(C#CCO)c1. The van der Waals surface area contributed by atoms with Gasteiger partial charge in [-0.05, 0) is 24.8 Å². The van der Waals surface area contributed by atoms with E-state index in [9.17, 15) is 4.79 Å². The van der Waals surface area contributed by atoms with Crippen LogP contribution in [0.1, 0.15) is 41.4 Å². The fraction of sp³-hybridized carbons (Fsp3) is 0.500. The Labute approximate surface area is 111 Å². The normalized spacial score (nSPS) is 22.3. The maximum absolute atomic E-state index is 12.0. The summed E-state index contributed by atoms with van der Waals surface area (Å²) < 4.78 is 0. The second-order valence-corrected chi connectivity index (χ2v) is 5.56. The minimum atomic E-state index is -0.154. The van der Waals surface area contributed by atoms with Gasteiger partial charge in [-0.2, -0.15) is 0 Å². The predicted octanol–water partition coefficient (Wildman–Crippen LogP) is 2.01. The van der Waals surface area contributed by atoms with Gasteiger partial charge in [-0.15, -0.1) is 11.3 Å². The van der Waals surface area contributed by atoms with E-state index in [2.05, 4.69) is 24.1 Å². The molecule has 1 aromatic rings. The van der Waals surface area contributed by atoms with E-state index in [1.165, 1.54) is 24.2 Å². The Balaban J connectivity index is 1.98. The zero-order valence-corrected chi connectivity index (χ0v) is 11.2. The third-order valence-corrected chi connectivity index (χ3v) is 4.18. The van der Waals surface area contributed by atoms with Crippen LogP contribution in [0.15, 0.2) is 11.4 Å². The molecule has 1 saturated carbocycles. The summed E-state index contributed by atoms with van der Waals surface area (Å²) in [6.07, 6.45) is 3.47. The van der Waals surface area contributed by atoms with Crippen LogP contribution in [0.2, 0.25) is 0 Å². The second kappa shape index (κ2) is 6.03. The highest BCUT2D eigenvalue weighted by Gasteiger charge is 2.25. The number of rotatable bonds is 2. The quantitative estimate of drug-likeness (QED) is 0.802. The van der Waals surface area contributed by atoms with Crippen molar-refractivity contribution in [2.24, 2.45) is 5.92 Å². The average molecular weight is 263 g/mol. The summed E-state index contributed by atoms with van der Waals surface area (Å²) in [5.74, 6) is 5.95. The fourth-order valence-corrected chi connectivity index (χ4v) is 3.01. The molecule has 0 bridgehead atoms. The molecule has 18 heavy (non-hydrogen) atoms. The standard InChI is InChI=1S/C14H17NO2S/c1-10-4-2-6-13(10)15-14(17)11-8-12(18-9-11)5-3-7-16/h8-10,13,16H,2,4,6-7H2,1H3,(H,15,17). The lowest BCUT2D eigenvalue weighted by molar-refractivity contribution is 0.0930. The third kappa shape index (κ3) is 3.12. The summed E-state index contributed by atoms with van der Waals surface area (Å²) in [5.41, 5.74) is 0.668. The third-order valence-electron chi connectivity index (χ3n) is 3.33. The molecule has 2 rings (SSSR count). The van der Waals surface area contributed by atoms with Gasteiger partial charge in [0.05, 0.1) is 10.4 Å². The Morgan fingerprint density at radius 1 is 1.61 bits per heavy atom. The largest absolute Gasteiger partial charge is 0.384 e. The molecule has 0 aromatic carbocycles. The number of aliphatic hydroxyl groups is 1. The van der Waals surface area contributed by atoms with E-state index in [4.69, 9.17) is 5.11 Å². The van der Waals surface area contributed by atoms with Gasteiger partial charge in [-0.1, -0.05) is 25.2 Å². The topological polar surface area (TPSA) is 49.3 Å². The van der Waals surface area contributed by atoms with E-state index >= 15 is 0 Å². The van der Waals surface area contributed by atoms with Gasteiger partial charge in [0, 0.05) is 11.4 Å². The van der Waals surface area contributed by atoms with Gasteiger partial charge in [0.15, 0.2) is 0 Å². The summed E-state index contributed by atoms with van der Waals surface area (Å²) in [5, 5.41) is 13.5. The van der Waals surface area contributed by atoms with Gasteiger partial charge in [-0.3, -0.25) is 4.79 Å².